The van der Waals surface area contributed by atoms with Crippen LogP contribution in [0, 0.1) is 0 Å². The lowest BCUT2D eigenvalue weighted by Gasteiger charge is -2.18. The Balaban J connectivity index is 4.48. The number of allylic oxidation sites excluding steroid dienone is 28. The van der Waals surface area contributed by atoms with Crippen molar-refractivity contribution in [2.24, 2.45) is 0 Å². The third kappa shape index (κ3) is 65.5. The number of carbonyl (C=O) groups is 3. The molecule has 81 heavy (non-hydrogen) atoms. The van der Waals surface area contributed by atoms with E-state index < -0.39 is 12.1 Å². The number of carbonyl (C=O) groups excluding carboxylic acids is 3. The normalized spacial score (nSPS) is 13.3. The molecule has 0 saturated carbocycles. The molecule has 0 N–H and O–H groups in total. The maximum atomic E-state index is 12.9. The highest BCUT2D eigenvalue weighted by molar-refractivity contribution is 5.71. The molecule has 6 heteroatoms. The first-order valence-corrected chi connectivity index (χ1v) is 32.6. The van der Waals surface area contributed by atoms with Crippen molar-refractivity contribution in [1.82, 2.24) is 0 Å². The Kier molecular flexibility index (Phi) is 62.9. The summed E-state index contributed by atoms with van der Waals surface area (Å²) in [7, 11) is 0. The maximum absolute atomic E-state index is 12.9. The van der Waals surface area contributed by atoms with Crippen LogP contribution in [-0.2, 0) is 28.6 Å². The number of ether oxygens (including phenoxy) is 3. The fourth-order valence-electron chi connectivity index (χ4n) is 8.38. The monoisotopic (exact) mass is 1110 g/mol. The molecule has 0 heterocycles. The summed E-state index contributed by atoms with van der Waals surface area (Å²) >= 11 is 0. The van der Waals surface area contributed by atoms with E-state index in [-0.39, 0.29) is 31.6 Å². The van der Waals surface area contributed by atoms with Crippen molar-refractivity contribution in [3.63, 3.8) is 0 Å². The molecule has 1 atom stereocenters. The Morgan fingerprint density at radius 2 is 0.506 bits per heavy atom. The van der Waals surface area contributed by atoms with Crippen molar-refractivity contribution in [3.05, 3.63) is 170 Å². The molecule has 0 bridgehead atoms. The predicted octanol–water partition coefficient (Wildman–Crippen LogP) is 22.7. The Morgan fingerprint density at radius 3 is 0.815 bits per heavy atom. The van der Waals surface area contributed by atoms with Crippen LogP contribution in [0.2, 0.25) is 0 Å². The van der Waals surface area contributed by atoms with Gasteiger partial charge in [0.05, 0.1) is 0 Å². The second-order valence-corrected chi connectivity index (χ2v) is 20.9. The minimum Gasteiger partial charge on any atom is -0.462 e. The molecule has 0 radical (unpaired) electrons. The van der Waals surface area contributed by atoms with Gasteiger partial charge in [-0.25, -0.2) is 0 Å². The van der Waals surface area contributed by atoms with Crippen molar-refractivity contribution < 1.29 is 28.6 Å². The van der Waals surface area contributed by atoms with E-state index in [4.69, 9.17) is 14.2 Å². The fourth-order valence-corrected chi connectivity index (χ4v) is 8.38. The van der Waals surface area contributed by atoms with Gasteiger partial charge in [0.2, 0.25) is 0 Å². The molecule has 0 aromatic heterocycles. The molecule has 0 fully saturated rings. The molecule has 0 aromatic rings. The van der Waals surface area contributed by atoms with Crippen LogP contribution < -0.4 is 0 Å². The van der Waals surface area contributed by atoms with Crippen LogP contribution in [0.4, 0.5) is 0 Å². The second-order valence-electron chi connectivity index (χ2n) is 20.9. The zero-order valence-electron chi connectivity index (χ0n) is 52.0. The highest BCUT2D eigenvalue weighted by atomic mass is 16.6. The molecule has 0 aliphatic carbocycles. The molecule has 0 spiro atoms. The highest BCUT2D eigenvalue weighted by Crippen LogP contribution is 2.14. The van der Waals surface area contributed by atoms with Crippen LogP contribution in [0.5, 0.6) is 0 Å². The molecule has 0 saturated heterocycles. The van der Waals surface area contributed by atoms with Gasteiger partial charge in [-0.2, -0.15) is 0 Å². The summed E-state index contributed by atoms with van der Waals surface area (Å²) < 4.78 is 16.8. The lowest BCUT2D eigenvalue weighted by atomic mass is 10.1. The van der Waals surface area contributed by atoms with Crippen molar-refractivity contribution in [2.75, 3.05) is 13.2 Å². The summed E-state index contributed by atoms with van der Waals surface area (Å²) in [5, 5.41) is 0. The van der Waals surface area contributed by atoms with Gasteiger partial charge in [-0.1, -0.05) is 274 Å². The Hall–Kier alpha value is -5.23. The van der Waals surface area contributed by atoms with Crippen LogP contribution in [0.25, 0.3) is 0 Å². The van der Waals surface area contributed by atoms with Crippen LogP contribution in [0.3, 0.4) is 0 Å². The van der Waals surface area contributed by atoms with Crippen molar-refractivity contribution in [1.29, 1.82) is 0 Å². The average Bonchev–Trinajstić information content (AvgIpc) is 3.47. The summed E-state index contributed by atoms with van der Waals surface area (Å²) in [5.41, 5.74) is 0. The van der Waals surface area contributed by atoms with Gasteiger partial charge in [0.15, 0.2) is 6.10 Å². The van der Waals surface area contributed by atoms with Gasteiger partial charge < -0.3 is 14.2 Å². The summed E-state index contributed by atoms with van der Waals surface area (Å²) in [6, 6.07) is 0. The molecule has 1 unspecified atom stereocenters. The van der Waals surface area contributed by atoms with E-state index in [1.807, 2.05) is 12.2 Å². The van der Waals surface area contributed by atoms with Gasteiger partial charge in [0, 0.05) is 19.3 Å². The molecule has 0 aliphatic rings. The van der Waals surface area contributed by atoms with E-state index in [9.17, 15) is 14.4 Å². The fraction of sp³-hybridized carbons (Fsp3) is 0.587. The van der Waals surface area contributed by atoms with Gasteiger partial charge in [0.25, 0.3) is 0 Å². The topological polar surface area (TPSA) is 78.9 Å². The SMILES string of the molecule is CC/C=C\C/C=C\C/C=C\C/C=C\C/C=C\C/C=C\C/C=C\CCCCCCCCCC(=O)OCC(COC(=O)CCCCCCC/C=C\CCCCCCCC)OC(=O)CC/C=C\C/C=C\C/C=C\C/C=C\C/C=C\C/C=C\CC. The minimum atomic E-state index is -0.837. The number of unbranched alkanes of at least 4 members (excludes halogenated alkanes) is 18. The predicted molar refractivity (Wildman–Crippen MR) is 352 cm³/mol. The zero-order valence-corrected chi connectivity index (χ0v) is 52.0. The molecule has 0 aliphatic heterocycles. The van der Waals surface area contributed by atoms with Crippen molar-refractivity contribution in [3.8, 4) is 0 Å². The summed E-state index contributed by atoms with van der Waals surface area (Å²) in [5.74, 6) is -1.03. The van der Waals surface area contributed by atoms with Crippen LogP contribution >= 0.6 is 0 Å². The Morgan fingerprint density at radius 1 is 0.259 bits per heavy atom. The molecule has 0 aromatic carbocycles. The number of hydrogen-bond acceptors (Lipinski definition) is 6. The average molecular weight is 1120 g/mol. The molecule has 0 rings (SSSR count). The van der Waals surface area contributed by atoms with E-state index in [1.54, 1.807) is 0 Å². The molecular formula is C75H118O6. The van der Waals surface area contributed by atoms with Gasteiger partial charge in [0.1, 0.15) is 13.2 Å². The lowest BCUT2D eigenvalue weighted by Crippen LogP contribution is -2.30. The van der Waals surface area contributed by atoms with Crippen LogP contribution in [0.15, 0.2) is 170 Å². The summed E-state index contributed by atoms with van der Waals surface area (Å²) in [6.45, 7) is 6.32. The standard InChI is InChI=1S/C75H118O6/c1-4-7-10-13-16-19-22-25-28-30-32-33-34-35-36-37-38-39-40-41-43-44-47-50-53-56-59-62-65-68-74(77)80-71-72(70-79-73(76)67-64-61-58-55-52-49-46-27-24-21-18-15-12-9-6-3)81-75(78)69-66-63-60-57-54-51-48-45-42-31-29-26-23-20-17-14-11-8-5-2/h7-8,10-11,16-17,19-20,25-29,32-33,35-36,38-39,41-43,45-46,51,54,60,63,72H,4-6,9,12-15,18,21-24,30-31,34,37,40,44,47-50,52-53,55-59,61-62,64-71H2,1-3H3/b10-7-,11-8-,19-16-,20-17-,28-25-,29-26-,33-32-,36-35-,39-38-,43-41-,45-42-,46-27-,54-51-,63-60-. The number of esters is 3. The first-order chi connectivity index (χ1) is 40.0. The van der Waals surface area contributed by atoms with E-state index in [2.05, 4.69) is 179 Å². The minimum absolute atomic E-state index is 0.123. The molecule has 6 nitrogen and oxygen atoms in total. The zero-order chi connectivity index (χ0) is 58.5. The van der Waals surface area contributed by atoms with Crippen molar-refractivity contribution >= 4 is 17.9 Å². The largest absolute Gasteiger partial charge is 0.462 e. The Labute approximate surface area is 498 Å². The third-order valence-electron chi connectivity index (χ3n) is 13.2. The second kappa shape index (κ2) is 67.3. The number of rotatable bonds is 57. The smallest absolute Gasteiger partial charge is 0.306 e. The number of hydrogen-bond donors (Lipinski definition) is 0. The van der Waals surface area contributed by atoms with E-state index in [1.165, 1.54) is 70.6 Å². The van der Waals surface area contributed by atoms with Gasteiger partial charge >= 0.3 is 17.9 Å². The maximum Gasteiger partial charge on any atom is 0.306 e. The first kappa shape index (κ1) is 75.8. The quantitative estimate of drug-likeness (QED) is 0.0261. The Bertz CT molecular complexity index is 1860. The molecular weight excluding hydrogens is 997 g/mol. The van der Waals surface area contributed by atoms with E-state index >= 15 is 0 Å². The van der Waals surface area contributed by atoms with Crippen molar-refractivity contribution in [2.45, 2.75) is 271 Å². The van der Waals surface area contributed by atoms with E-state index in [0.29, 0.717) is 19.3 Å². The molecule has 454 valence electrons. The van der Waals surface area contributed by atoms with Gasteiger partial charge in [-0.3, -0.25) is 14.4 Å². The summed E-state index contributed by atoms with van der Waals surface area (Å²) in [6.07, 6.45) is 99.4. The van der Waals surface area contributed by atoms with E-state index in [0.717, 1.165) is 148 Å². The van der Waals surface area contributed by atoms with Crippen LogP contribution in [-0.4, -0.2) is 37.2 Å². The summed E-state index contributed by atoms with van der Waals surface area (Å²) in [4.78, 5) is 38.3. The van der Waals surface area contributed by atoms with Crippen LogP contribution in [0.1, 0.15) is 265 Å². The van der Waals surface area contributed by atoms with Gasteiger partial charge in [-0.05, 0) is 141 Å². The highest BCUT2D eigenvalue weighted by Gasteiger charge is 2.19. The molecule has 0 amide bonds. The van der Waals surface area contributed by atoms with Gasteiger partial charge in [-0.15, -0.1) is 0 Å². The first-order valence-electron chi connectivity index (χ1n) is 32.6. The third-order valence-corrected chi connectivity index (χ3v) is 13.2. The lowest BCUT2D eigenvalue weighted by molar-refractivity contribution is -0.166.